The maximum Gasteiger partial charge on any atom is 0.0719 e. The Balaban J connectivity index is 1.90. The van der Waals surface area contributed by atoms with Gasteiger partial charge in [-0.1, -0.05) is 19.8 Å². The predicted molar refractivity (Wildman–Crippen MR) is 57.8 cm³/mol. The number of nitrogens with zero attached hydrogens (tertiary/aromatic N) is 2. The molecule has 1 aromatic heterocycles. The normalized spacial score (nSPS) is 27.8. The van der Waals surface area contributed by atoms with Crippen molar-refractivity contribution in [3.63, 3.8) is 0 Å². The number of nitrogens with two attached hydrogens (primary N) is 1. The zero-order chi connectivity index (χ0) is 9.97. The van der Waals surface area contributed by atoms with Gasteiger partial charge in [-0.05, 0) is 24.7 Å². The maximum absolute atomic E-state index is 5.63. The van der Waals surface area contributed by atoms with Crippen molar-refractivity contribution in [2.24, 2.45) is 11.8 Å². The van der Waals surface area contributed by atoms with Crippen molar-refractivity contribution < 1.29 is 0 Å². The second-order valence-electron chi connectivity index (χ2n) is 4.63. The molecule has 0 aliphatic heterocycles. The van der Waals surface area contributed by atoms with Crippen LogP contribution in [-0.2, 0) is 6.54 Å². The number of hydrogen-bond acceptors (Lipinski definition) is 2. The van der Waals surface area contributed by atoms with E-state index in [1.807, 2.05) is 10.9 Å². The molecule has 2 N–H and O–H groups in total. The molecule has 3 heteroatoms. The Kier molecular flexibility index (Phi) is 2.75. The van der Waals surface area contributed by atoms with Crippen molar-refractivity contribution >= 4 is 5.69 Å². The summed E-state index contributed by atoms with van der Waals surface area (Å²) in [6.07, 6.45) is 9.13. The average molecular weight is 193 g/mol. The number of nitrogen functional groups attached to an aromatic ring is 1. The van der Waals surface area contributed by atoms with Crippen LogP contribution in [0.3, 0.4) is 0 Å². The van der Waals surface area contributed by atoms with Crippen molar-refractivity contribution in [2.75, 3.05) is 5.73 Å². The topological polar surface area (TPSA) is 43.8 Å². The highest BCUT2D eigenvalue weighted by atomic mass is 15.3. The summed E-state index contributed by atoms with van der Waals surface area (Å²) in [7, 11) is 0. The second kappa shape index (κ2) is 4.03. The van der Waals surface area contributed by atoms with E-state index in [-0.39, 0.29) is 0 Å². The average Bonchev–Trinajstić information content (AvgIpc) is 2.51. The molecule has 1 aliphatic carbocycles. The molecule has 78 valence electrons. The molecular weight excluding hydrogens is 174 g/mol. The summed E-state index contributed by atoms with van der Waals surface area (Å²) >= 11 is 0. The van der Waals surface area contributed by atoms with Crippen LogP contribution in [0.15, 0.2) is 12.4 Å². The van der Waals surface area contributed by atoms with Gasteiger partial charge in [0.2, 0.25) is 0 Å². The van der Waals surface area contributed by atoms with Crippen LogP contribution in [-0.4, -0.2) is 9.78 Å². The first-order chi connectivity index (χ1) is 6.74. The zero-order valence-electron chi connectivity index (χ0n) is 8.82. The van der Waals surface area contributed by atoms with Gasteiger partial charge in [-0.25, -0.2) is 0 Å². The SMILES string of the molecule is CC1CCCC(Cn2cc(N)cn2)C1. The number of aromatic nitrogens is 2. The zero-order valence-corrected chi connectivity index (χ0v) is 8.82. The van der Waals surface area contributed by atoms with Crippen molar-refractivity contribution in [3.8, 4) is 0 Å². The minimum Gasteiger partial charge on any atom is -0.396 e. The van der Waals surface area contributed by atoms with Crippen LogP contribution in [0.2, 0.25) is 0 Å². The first-order valence-corrected chi connectivity index (χ1v) is 5.52. The van der Waals surface area contributed by atoms with Gasteiger partial charge in [0, 0.05) is 12.7 Å². The summed E-state index contributed by atoms with van der Waals surface area (Å²) in [5, 5.41) is 4.23. The van der Waals surface area contributed by atoms with Crippen LogP contribution in [0, 0.1) is 11.8 Å². The van der Waals surface area contributed by atoms with E-state index < -0.39 is 0 Å². The van der Waals surface area contributed by atoms with Gasteiger partial charge in [0.1, 0.15) is 0 Å². The molecule has 1 aromatic rings. The van der Waals surface area contributed by atoms with Gasteiger partial charge in [0.05, 0.1) is 11.9 Å². The van der Waals surface area contributed by atoms with E-state index in [4.69, 9.17) is 5.73 Å². The molecule has 1 aliphatic rings. The Morgan fingerprint density at radius 3 is 3.07 bits per heavy atom. The van der Waals surface area contributed by atoms with Crippen molar-refractivity contribution in [1.29, 1.82) is 0 Å². The fraction of sp³-hybridized carbons (Fsp3) is 0.727. The van der Waals surface area contributed by atoms with Gasteiger partial charge in [0.15, 0.2) is 0 Å². The molecular formula is C11H19N3. The molecule has 14 heavy (non-hydrogen) atoms. The van der Waals surface area contributed by atoms with Crippen LogP contribution in [0.25, 0.3) is 0 Å². The Morgan fingerprint density at radius 2 is 2.43 bits per heavy atom. The monoisotopic (exact) mass is 193 g/mol. The van der Waals surface area contributed by atoms with Crippen LogP contribution in [0.4, 0.5) is 5.69 Å². The van der Waals surface area contributed by atoms with Gasteiger partial charge in [-0.15, -0.1) is 0 Å². The Bertz CT molecular complexity index is 292. The van der Waals surface area contributed by atoms with Crippen LogP contribution in [0.1, 0.15) is 32.6 Å². The summed E-state index contributed by atoms with van der Waals surface area (Å²) in [6, 6.07) is 0. The number of hydrogen-bond donors (Lipinski definition) is 1. The molecule has 1 saturated carbocycles. The molecule has 3 nitrogen and oxygen atoms in total. The predicted octanol–water partition coefficient (Wildman–Crippen LogP) is 2.29. The molecule has 0 aromatic carbocycles. The van der Waals surface area contributed by atoms with Crippen LogP contribution < -0.4 is 5.73 Å². The van der Waals surface area contributed by atoms with Gasteiger partial charge < -0.3 is 5.73 Å². The summed E-state index contributed by atoms with van der Waals surface area (Å²) < 4.78 is 1.98. The number of anilines is 1. The van der Waals surface area contributed by atoms with Crippen molar-refractivity contribution in [1.82, 2.24) is 9.78 Å². The molecule has 2 rings (SSSR count). The van der Waals surface area contributed by atoms with E-state index in [0.29, 0.717) is 0 Å². The molecule has 0 bridgehead atoms. The number of rotatable bonds is 2. The van der Waals surface area contributed by atoms with Crippen LogP contribution >= 0.6 is 0 Å². The summed E-state index contributed by atoms with van der Waals surface area (Å²) in [5.41, 5.74) is 6.40. The third-order valence-electron chi connectivity index (χ3n) is 3.14. The lowest BCUT2D eigenvalue weighted by Crippen LogP contribution is -2.18. The van der Waals surface area contributed by atoms with E-state index in [0.717, 1.165) is 24.1 Å². The van der Waals surface area contributed by atoms with Gasteiger partial charge in [0.25, 0.3) is 0 Å². The standard InChI is InChI=1S/C11H19N3/c1-9-3-2-4-10(5-9)7-14-8-11(12)6-13-14/h6,8-10H,2-5,7,12H2,1H3. The highest BCUT2D eigenvalue weighted by Gasteiger charge is 2.19. The fourth-order valence-electron chi connectivity index (χ4n) is 2.47. The van der Waals surface area contributed by atoms with E-state index >= 15 is 0 Å². The molecule has 0 amide bonds. The van der Waals surface area contributed by atoms with Gasteiger partial charge in [-0.3, -0.25) is 4.68 Å². The molecule has 1 heterocycles. The van der Waals surface area contributed by atoms with Gasteiger partial charge >= 0.3 is 0 Å². The fourth-order valence-corrected chi connectivity index (χ4v) is 2.47. The molecule has 2 atom stereocenters. The summed E-state index contributed by atoms with van der Waals surface area (Å²) in [5.74, 6) is 1.69. The smallest absolute Gasteiger partial charge is 0.0719 e. The van der Waals surface area contributed by atoms with Crippen LogP contribution in [0.5, 0.6) is 0 Å². The molecule has 0 radical (unpaired) electrons. The first-order valence-electron chi connectivity index (χ1n) is 5.52. The lowest BCUT2D eigenvalue weighted by Gasteiger charge is -2.26. The maximum atomic E-state index is 5.63. The van der Waals surface area contributed by atoms with Crippen molar-refractivity contribution in [3.05, 3.63) is 12.4 Å². The molecule has 2 unspecified atom stereocenters. The van der Waals surface area contributed by atoms with E-state index in [2.05, 4.69) is 12.0 Å². The second-order valence-corrected chi connectivity index (χ2v) is 4.63. The Morgan fingerprint density at radius 1 is 1.57 bits per heavy atom. The largest absolute Gasteiger partial charge is 0.396 e. The Labute approximate surface area is 85.3 Å². The summed E-state index contributed by atoms with van der Waals surface area (Å²) in [6.45, 7) is 3.39. The minimum absolute atomic E-state index is 0.772. The third-order valence-corrected chi connectivity index (χ3v) is 3.14. The third kappa shape index (κ3) is 2.28. The summed E-state index contributed by atoms with van der Waals surface area (Å²) in [4.78, 5) is 0. The molecule has 0 saturated heterocycles. The van der Waals surface area contributed by atoms with E-state index in [1.165, 1.54) is 25.7 Å². The van der Waals surface area contributed by atoms with Gasteiger partial charge in [-0.2, -0.15) is 5.10 Å². The first kappa shape index (κ1) is 9.56. The van der Waals surface area contributed by atoms with E-state index in [9.17, 15) is 0 Å². The molecule has 0 spiro atoms. The van der Waals surface area contributed by atoms with Crippen molar-refractivity contribution in [2.45, 2.75) is 39.2 Å². The van der Waals surface area contributed by atoms with E-state index in [1.54, 1.807) is 6.20 Å². The highest BCUT2D eigenvalue weighted by Crippen LogP contribution is 2.29. The molecule has 1 fully saturated rings. The lowest BCUT2D eigenvalue weighted by atomic mass is 9.82. The quantitative estimate of drug-likeness (QED) is 0.783. The minimum atomic E-state index is 0.772. The lowest BCUT2D eigenvalue weighted by molar-refractivity contribution is 0.250. The highest BCUT2D eigenvalue weighted by molar-refractivity contribution is 5.30. The Hall–Kier alpha value is -0.990.